The van der Waals surface area contributed by atoms with Gasteiger partial charge >= 0.3 is 18.0 Å². The van der Waals surface area contributed by atoms with E-state index in [1.54, 1.807) is 69.3 Å². The van der Waals surface area contributed by atoms with E-state index in [-0.39, 0.29) is 24.4 Å². The number of ketones is 1. The van der Waals surface area contributed by atoms with Gasteiger partial charge in [-0.3, -0.25) is 14.4 Å². The topological polar surface area (TPSA) is 197 Å². The summed E-state index contributed by atoms with van der Waals surface area (Å²) in [6, 6.07) is 19.0. The van der Waals surface area contributed by atoms with Gasteiger partial charge in [-0.25, -0.2) is 14.4 Å². The lowest BCUT2D eigenvalue weighted by molar-refractivity contribution is -0.159. The summed E-state index contributed by atoms with van der Waals surface area (Å²) in [5.41, 5.74) is 1.31. The number of hydrogen-bond acceptors (Lipinski definition) is 8. The number of benzene rings is 3. The van der Waals surface area contributed by atoms with Crippen molar-refractivity contribution in [2.45, 2.75) is 83.6 Å². The number of unbranched alkanes of at least 4 members (excludes halogenated alkanes) is 2. The van der Waals surface area contributed by atoms with Gasteiger partial charge in [0.05, 0.1) is 0 Å². The minimum atomic E-state index is -2.10. The first-order valence-corrected chi connectivity index (χ1v) is 16.6. The predicted molar refractivity (Wildman–Crippen MR) is 187 cm³/mol. The van der Waals surface area contributed by atoms with E-state index in [1.165, 1.54) is 24.3 Å². The van der Waals surface area contributed by atoms with Crippen LogP contribution in [0.5, 0.6) is 5.75 Å². The van der Waals surface area contributed by atoms with Crippen LogP contribution in [0.2, 0.25) is 0 Å². The first-order valence-electron chi connectivity index (χ1n) is 16.6. The fraction of sp³-hybridized carbons (Fsp3) is 0.368. The Morgan fingerprint density at radius 3 is 1.75 bits per heavy atom. The zero-order valence-corrected chi connectivity index (χ0v) is 29.1. The highest BCUT2D eigenvalue weighted by molar-refractivity contribution is 6.09. The van der Waals surface area contributed by atoms with Gasteiger partial charge in [-0.05, 0) is 50.5 Å². The summed E-state index contributed by atoms with van der Waals surface area (Å²) in [5, 5.41) is 26.4. The summed E-state index contributed by atoms with van der Waals surface area (Å²) in [6.07, 6.45) is -0.367. The first kappa shape index (κ1) is 39.7. The van der Waals surface area contributed by atoms with Crippen LogP contribution in [0.1, 0.15) is 74.0 Å². The van der Waals surface area contributed by atoms with Gasteiger partial charge < -0.3 is 35.6 Å². The number of alkyl carbamates (subject to hydrolysis) is 1. The zero-order chi connectivity index (χ0) is 37.6. The second-order valence-electron chi connectivity index (χ2n) is 12.9. The molecule has 13 heteroatoms. The van der Waals surface area contributed by atoms with Gasteiger partial charge in [0.1, 0.15) is 23.4 Å². The normalized spacial score (nSPS) is 12.3. The van der Waals surface area contributed by atoms with Crippen molar-refractivity contribution >= 4 is 35.6 Å². The van der Waals surface area contributed by atoms with Gasteiger partial charge in [0.2, 0.25) is 11.8 Å². The molecule has 0 aromatic heterocycles. The molecule has 0 spiro atoms. The van der Waals surface area contributed by atoms with Crippen molar-refractivity contribution < 1.29 is 48.5 Å². The number of carboxylic acid groups (broad SMARTS) is 2. The molecule has 272 valence electrons. The molecule has 0 saturated heterocycles. The van der Waals surface area contributed by atoms with Crippen LogP contribution in [0.3, 0.4) is 0 Å². The lowest BCUT2D eigenvalue weighted by Gasteiger charge is -2.25. The molecule has 0 fully saturated rings. The van der Waals surface area contributed by atoms with Gasteiger partial charge in [-0.2, -0.15) is 0 Å². The molecule has 0 bridgehead atoms. The molecule has 3 aromatic rings. The lowest BCUT2D eigenvalue weighted by atomic mass is 9.99. The van der Waals surface area contributed by atoms with Gasteiger partial charge in [0.25, 0.3) is 6.10 Å². The molecule has 5 N–H and O–H groups in total. The van der Waals surface area contributed by atoms with E-state index in [0.717, 1.165) is 19.3 Å². The average Bonchev–Trinajstić information content (AvgIpc) is 3.08. The minimum Gasteiger partial charge on any atom is -0.478 e. The van der Waals surface area contributed by atoms with E-state index in [1.807, 2.05) is 13.0 Å². The number of hydrogen-bond donors (Lipinski definition) is 5. The van der Waals surface area contributed by atoms with E-state index < -0.39 is 53.6 Å². The van der Waals surface area contributed by atoms with Crippen molar-refractivity contribution in [1.82, 2.24) is 16.0 Å². The molecule has 0 heterocycles. The number of nitrogens with one attached hydrogen (secondary N) is 3. The largest absolute Gasteiger partial charge is 0.478 e. The molecule has 0 radical (unpaired) electrons. The van der Waals surface area contributed by atoms with E-state index in [0.29, 0.717) is 28.8 Å². The van der Waals surface area contributed by atoms with Gasteiger partial charge in [0, 0.05) is 30.5 Å². The monoisotopic (exact) mass is 703 g/mol. The van der Waals surface area contributed by atoms with Crippen LogP contribution < -0.4 is 20.7 Å². The van der Waals surface area contributed by atoms with Crippen LogP contribution in [-0.4, -0.2) is 76.2 Å². The van der Waals surface area contributed by atoms with Crippen LogP contribution in [0, 0.1) is 0 Å². The molecule has 0 aliphatic heterocycles. The molecule has 51 heavy (non-hydrogen) atoms. The first-order chi connectivity index (χ1) is 24.2. The predicted octanol–water partition coefficient (Wildman–Crippen LogP) is 4.30. The summed E-state index contributed by atoms with van der Waals surface area (Å²) in [7, 11) is 0. The Morgan fingerprint density at radius 2 is 1.22 bits per heavy atom. The smallest absolute Gasteiger partial charge is 0.408 e. The second kappa shape index (κ2) is 18.9. The molecule has 0 saturated carbocycles. The highest BCUT2D eigenvalue weighted by atomic mass is 16.6. The summed E-state index contributed by atoms with van der Waals surface area (Å²) >= 11 is 0. The summed E-state index contributed by atoms with van der Waals surface area (Å²) in [6.45, 7) is 7.46. The van der Waals surface area contributed by atoms with E-state index in [4.69, 9.17) is 19.7 Å². The van der Waals surface area contributed by atoms with E-state index in [2.05, 4.69) is 16.0 Å². The fourth-order valence-electron chi connectivity index (χ4n) is 4.92. The second-order valence-corrected chi connectivity index (χ2v) is 12.9. The van der Waals surface area contributed by atoms with Crippen molar-refractivity contribution in [2.24, 2.45) is 0 Å². The molecule has 13 nitrogen and oxygen atoms in total. The molecule has 2 atom stereocenters. The average molecular weight is 704 g/mol. The Labute approximate surface area is 296 Å². The number of aliphatic carboxylic acids is 2. The Hall–Kier alpha value is -5.72. The van der Waals surface area contributed by atoms with Crippen molar-refractivity contribution in [3.8, 4) is 5.75 Å². The standard InChI is InChI=1S/C38H45N3O10/c1-5-6-10-21-39-33(43)29(22-25-15-19-28(20-16-25)50-32(35(45)46)36(47)48)40-34(44)30(41-37(49)51-38(2,3)4)23-24-13-17-27(18-14-24)31(42)26-11-8-7-9-12-26/h7-9,11-20,29-30,32H,5-6,10,21-23H2,1-4H3,(H,39,43)(H,40,44)(H,41,49)(H,45,46)(H,47,48)/t29?,30-/m0/s1. The Kier molecular flexibility index (Phi) is 14.7. The fourth-order valence-corrected chi connectivity index (χ4v) is 4.92. The highest BCUT2D eigenvalue weighted by Crippen LogP contribution is 2.17. The molecule has 3 rings (SSSR count). The molecule has 0 aliphatic carbocycles. The molecule has 0 aliphatic rings. The number of amides is 3. The summed E-state index contributed by atoms with van der Waals surface area (Å²) in [5.74, 6) is -4.64. The maximum absolute atomic E-state index is 13.8. The highest BCUT2D eigenvalue weighted by Gasteiger charge is 2.30. The van der Waals surface area contributed by atoms with Crippen molar-refractivity contribution in [3.05, 3.63) is 101 Å². The van der Waals surface area contributed by atoms with Gasteiger partial charge in [0.15, 0.2) is 5.78 Å². The van der Waals surface area contributed by atoms with Crippen LogP contribution in [0.25, 0.3) is 0 Å². The minimum absolute atomic E-state index is 0.00235. The molecule has 1 unspecified atom stereocenters. The lowest BCUT2D eigenvalue weighted by Crippen LogP contribution is -2.55. The number of ether oxygens (including phenoxy) is 2. The maximum atomic E-state index is 13.8. The van der Waals surface area contributed by atoms with E-state index in [9.17, 15) is 28.8 Å². The number of carboxylic acids is 2. The van der Waals surface area contributed by atoms with E-state index >= 15 is 0 Å². The van der Waals surface area contributed by atoms with Crippen LogP contribution in [-0.2, 0) is 36.8 Å². The van der Waals surface area contributed by atoms with Crippen LogP contribution in [0.4, 0.5) is 4.79 Å². The van der Waals surface area contributed by atoms with Gasteiger partial charge in [-0.1, -0.05) is 86.5 Å². The Bertz CT molecular complexity index is 1640. The quantitative estimate of drug-likeness (QED) is 0.0724. The third-order valence-electron chi connectivity index (χ3n) is 7.48. The van der Waals surface area contributed by atoms with Gasteiger partial charge in [-0.15, -0.1) is 0 Å². The maximum Gasteiger partial charge on any atom is 0.408 e. The Morgan fingerprint density at radius 1 is 0.686 bits per heavy atom. The number of carbonyl (C=O) groups excluding carboxylic acids is 4. The molecular formula is C38H45N3O10. The molecule has 3 aromatic carbocycles. The third-order valence-corrected chi connectivity index (χ3v) is 7.48. The summed E-state index contributed by atoms with van der Waals surface area (Å²) in [4.78, 5) is 75.4. The molecule has 3 amide bonds. The SMILES string of the molecule is CCCCCNC(=O)C(Cc1ccc(OC(C(=O)O)C(=O)O)cc1)NC(=O)[C@H](Cc1ccc(C(=O)c2ccccc2)cc1)NC(=O)OC(C)(C)C. The van der Waals surface area contributed by atoms with Crippen molar-refractivity contribution in [1.29, 1.82) is 0 Å². The van der Waals surface area contributed by atoms with Crippen molar-refractivity contribution in [2.75, 3.05) is 6.54 Å². The number of rotatable bonds is 18. The summed E-state index contributed by atoms with van der Waals surface area (Å²) < 4.78 is 10.5. The Balaban J connectivity index is 1.84. The third kappa shape index (κ3) is 13.3. The van der Waals surface area contributed by atoms with Crippen LogP contribution >= 0.6 is 0 Å². The molecular weight excluding hydrogens is 658 g/mol. The van der Waals surface area contributed by atoms with Crippen LogP contribution in [0.15, 0.2) is 78.9 Å². The zero-order valence-electron chi connectivity index (χ0n) is 29.1. The number of carbonyl (C=O) groups is 6. The van der Waals surface area contributed by atoms with Crippen molar-refractivity contribution in [3.63, 3.8) is 0 Å².